The van der Waals surface area contributed by atoms with Gasteiger partial charge in [0.1, 0.15) is 0 Å². The Morgan fingerprint density at radius 2 is 2.00 bits per heavy atom. The third-order valence-corrected chi connectivity index (χ3v) is 3.98. The summed E-state index contributed by atoms with van der Waals surface area (Å²) in [7, 11) is 0. The van der Waals surface area contributed by atoms with Gasteiger partial charge in [-0.25, -0.2) is 4.79 Å². The van der Waals surface area contributed by atoms with Crippen LogP contribution in [0.2, 0.25) is 0 Å². The van der Waals surface area contributed by atoms with Crippen LogP contribution in [0.25, 0.3) is 11.1 Å². The molecule has 0 saturated carbocycles. The second kappa shape index (κ2) is 7.17. The van der Waals surface area contributed by atoms with Gasteiger partial charge >= 0.3 is 5.76 Å². The molecule has 0 bridgehead atoms. The molecule has 0 aliphatic rings. The molecule has 0 unspecified atom stereocenters. The molecule has 0 atom stereocenters. The van der Waals surface area contributed by atoms with Crippen LogP contribution < -0.4 is 11.1 Å². The van der Waals surface area contributed by atoms with E-state index in [4.69, 9.17) is 4.42 Å². The molecule has 0 fully saturated rings. The van der Waals surface area contributed by atoms with Crippen molar-refractivity contribution in [3.05, 3.63) is 64.6 Å². The van der Waals surface area contributed by atoms with E-state index >= 15 is 0 Å². The maximum atomic E-state index is 12.1. The predicted octanol–water partition coefficient (Wildman–Crippen LogP) is 3.58. The molecule has 2 aromatic carbocycles. The number of anilines is 1. The molecule has 1 heterocycles. The van der Waals surface area contributed by atoms with E-state index in [9.17, 15) is 9.59 Å². The number of oxazole rings is 1. The Morgan fingerprint density at radius 3 is 2.83 bits per heavy atom. The fourth-order valence-corrected chi connectivity index (χ4v) is 2.72. The number of carbonyl (C=O) groups excluding carboxylic acids is 1. The molecule has 24 heavy (non-hydrogen) atoms. The van der Waals surface area contributed by atoms with Gasteiger partial charge < -0.3 is 9.73 Å². The SMILES string of the molecule is CCc1cccc(NC(=O)CCCn2c(=O)oc3ccccc32)c1. The van der Waals surface area contributed by atoms with Crippen molar-refractivity contribution in [1.29, 1.82) is 0 Å². The van der Waals surface area contributed by atoms with E-state index in [1.165, 1.54) is 5.56 Å². The van der Waals surface area contributed by atoms with Gasteiger partial charge in [0.15, 0.2) is 5.58 Å². The first-order chi connectivity index (χ1) is 11.7. The highest BCUT2D eigenvalue weighted by Crippen LogP contribution is 2.14. The van der Waals surface area contributed by atoms with Gasteiger partial charge in [-0.2, -0.15) is 0 Å². The highest BCUT2D eigenvalue weighted by atomic mass is 16.4. The van der Waals surface area contributed by atoms with Crippen LogP contribution in [0.15, 0.2) is 57.7 Å². The fraction of sp³-hybridized carbons (Fsp3) is 0.263. The number of aryl methyl sites for hydroxylation is 2. The Labute approximate surface area is 139 Å². The zero-order chi connectivity index (χ0) is 16.9. The van der Waals surface area contributed by atoms with Gasteiger partial charge in [0, 0.05) is 18.7 Å². The number of hydrogen-bond acceptors (Lipinski definition) is 3. The Balaban J connectivity index is 1.58. The largest absolute Gasteiger partial charge is 0.419 e. The zero-order valence-electron chi connectivity index (χ0n) is 13.6. The first-order valence-corrected chi connectivity index (χ1v) is 8.14. The summed E-state index contributed by atoms with van der Waals surface area (Å²) < 4.78 is 6.75. The molecular weight excluding hydrogens is 304 g/mol. The Kier molecular flexibility index (Phi) is 4.79. The number of aromatic nitrogens is 1. The average Bonchev–Trinajstić information content (AvgIpc) is 2.91. The third kappa shape index (κ3) is 3.56. The lowest BCUT2D eigenvalue weighted by Crippen LogP contribution is -2.17. The number of nitrogens with one attached hydrogen (secondary N) is 1. The molecule has 5 nitrogen and oxygen atoms in total. The van der Waals surface area contributed by atoms with Crippen LogP contribution in [-0.2, 0) is 17.8 Å². The molecule has 1 amide bonds. The number of benzene rings is 2. The lowest BCUT2D eigenvalue weighted by atomic mass is 10.1. The first kappa shape index (κ1) is 16.1. The van der Waals surface area contributed by atoms with Gasteiger partial charge in [-0.3, -0.25) is 9.36 Å². The molecule has 1 N–H and O–H groups in total. The Morgan fingerprint density at radius 1 is 1.17 bits per heavy atom. The van der Waals surface area contributed by atoms with Crippen molar-refractivity contribution in [2.24, 2.45) is 0 Å². The van der Waals surface area contributed by atoms with E-state index in [0.29, 0.717) is 25.0 Å². The first-order valence-electron chi connectivity index (χ1n) is 8.14. The number of para-hydroxylation sites is 2. The normalized spacial score (nSPS) is 10.9. The monoisotopic (exact) mass is 324 g/mol. The maximum absolute atomic E-state index is 12.1. The number of carbonyl (C=O) groups is 1. The summed E-state index contributed by atoms with van der Waals surface area (Å²) in [6.07, 6.45) is 1.85. The molecule has 5 heteroatoms. The third-order valence-electron chi connectivity index (χ3n) is 3.98. The summed E-state index contributed by atoms with van der Waals surface area (Å²) in [5.74, 6) is -0.434. The molecule has 0 spiro atoms. The van der Waals surface area contributed by atoms with E-state index in [1.54, 1.807) is 10.6 Å². The summed E-state index contributed by atoms with van der Waals surface area (Å²) >= 11 is 0. The standard InChI is InChI=1S/C19H20N2O3/c1-2-14-7-5-8-15(13-14)20-18(22)11-6-12-21-16-9-3-4-10-17(16)24-19(21)23/h3-5,7-10,13H,2,6,11-12H2,1H3,(H,20,22). The van der Waals surface area contributed by atoms with Gasteiger partial charge in [-0.1, -0.05) is 31.2 Å². The number of rotatable bonds is 6. The molecule has 0 saturated heterocycles. The number of hydrogen-bond donors (Lipinski definition) is 1. The quantitative estimate of drug-likeness (QED) is 0.754. The summed E-state index contributed by atoms with van der Waals surface area (Å²) in [5, 5.41) is 2.90. The van der Waals surface area contributed by atoms with Gasteiger partial charge in [0.05, 0.1) is 5.52 Å². The van der Waals surface area contributed by atoms with Crippen LogP contribution in [0.5, 0.6) is 0 Å². The number of fused-ring (bicyclic) bond motifs is 1. The van der Waals surface area contributed by atoms with Crippen molar-refractivity contribution < 1.29 is 9.21 Å². The van der Waals surface area contributed by atoms with Gasteiger partial charge in [-0.15, -0.1) is 0 Å². The minimum Gasteiger partial charge on any atom is -0.408 e. The van der Waals surface area contributed by atoms with E-state index in [-0.39, 0.29) is 11.7 Å². The molecule has 0 radical (unpaired) electrons. The lowest BCUT2D eigenvalue weighted by molar-refractivity contribution is -0.116. The van der Waals surface area contributed by atoms with Crippen LogP contribution in [-0.4, -0.2) is 10.5 Å². The maximum Gasteiger partial charge on any atom is 0.419 e. The highest BCUT2D eigenvalue weighted by molar-refractivity contribution is 5.90. The molecule has 0 aliphatic heterocycles. The van der Waals surface area contributed by atoms with Crippen LogP contribution in [0.4, 0.5) is 5.69 Å². The molecule has 124 valence electrons. The molecule has 0 aliphatic carbocycles. The van der Waals surface area contributed by atoms with Crippen molar-refractivity contribution in [2.75, 3.05) is 5.32 Å². The zero-order valence-corrected chi connectivity index (χ0v) is 13.6. The van der Waals surface area contributed by atoms with Gasteiger partial charge in [-0.05, 0) is 42.7 Å². The Bertz CT molecular complexity index is 908. The van der Waals surface area contributed by atoms with Crippen LogP contribution in [0.3, 0.4) is 0 Å². The number of nitrogens with zero attached hydrogens (tertiary/aromatic N) is 1. The summed E-state index contributed by atoms with van der Waals surface area (Å²) in [6, 6.07) is 15.1. The predicted molar refractivity (Wildman–Crippen MR) is 94.2 cm³/mol. The summed E-state index contributed by atoms with van der Waals surface area (Å²) in [6.45, 7) is 2.53. The molecular formula is C19H20N2O3. The van der Waals surface area contributed by atoms with Gasteiger partial charge in [0.25, 0.3) is 0 Å². The van der Waals surface area contributed by atoms with Crippen molar-refractivity contribution >= 4 is 22.7 Å². The highest BCUT2D eigenvalue weighted by Gasteiger charge is 2.09. The van der Waals surface area contributed by atoms with Crippen molar-refractivity contribution in [3.8, 4) is 0 Å². The summed E-state index contributed by atoms with van der Waals surface area (Å²) in [4.78, 5) is 23.9. The minimum atomic E-state index is -0.382. The minimum absolute atomic E-state index is 0.0518. The fourth-order valence-electron chi connectivity index (χ4n) is 2.72. The van der Waals surface area contributed by atoms with E-state index < -0.39 is 0 Å². The Hall–Kier alpha value is -2.82. The second-order valence-electron chi connectivity index (χ2n) is 5.69. The van der Waals surface area contributed by atoms with Crippen LogP contribution in [0.1, 0.15) is 25.3 Å². The van der Waals surface area contributed by atoms with Crippen molar-refractivity contribution in [2.45, 2.75) is 32.7 Å². The van der Waals surface area contributed by atoms with Gasteiger partial charge in [0.2, 0.25) is 5.91 Å². The summed E-state index contributed by atoms with van der Waals surface area (Å²) in [5.41, 5.74) is 3.33. The van der Waals surface area contributed by atoms with Crippen molar-refractivity contribution in [3.63, 3.8) is 0 Å². The van der Waals surface area contributed by atoms with Crippen molar-refractivity contribution in [1.82, 2.24) is 4.57 Å². The lowest BCUT2D eigenvalue weighted by Gasteiger charge is -2.07. The van der Waals surface area contributed by atoms with E-state index in [0.717, 1.165) is 17.6 Å². The van der Waals surface area contributed by atoms with Crippen LogP contribution in [0, 0.1) is 0 Å². The molecule has 3 rings (SSSR count). The average molecular weight is 324 g/mol. The molecule has 3 aromatic rings. The topological polar surface area (TPSA) is 64.2 Å². The van der Waals surface area contributed by atoms with Crippen LogP contribution >= 0.6 is 0 Å². The van der Waals surface area contributed by atoms with E-state index in [1.807, 2.05) is 42.5 Å². The smallest absolute Gasteiger partial charge is 0.408 e. The number of amides is 1. The van der Waals surface area contributed by atoms with E-state index in [2.05, 4.69) is 12.2 Å². The second-order valence-corrected chi connectivity index (χ2v) is 5.69. The molecule has 1 aromatic heterocycles.